The number of nitriles is 1. The Morgan fingerprint density at radius 3 is 2.07 bits per heavy atom. The van der Waals surface area contributed by atoms with Gasteiger partial charge < -0.3 is 15.1 Å². The highest BCUT2D eigenvalue weighted by atomic mass is 16.2. The first-order valence-corrected chi connectivity index (χ1v) is 10.3. The molecule has 2 aromatic rings. The van der Waals surface area contributed by atoms with Crippen LogP contribution in [0.3, 0.4) is 0 Å². The second-order valence-corrected chi connectivity index (χ2v) is 8.15. The summed E-state index contributed by atoms with van der Waals surface area (Å²) in [7, 11) is 0. The number of carbonyl (C=O) groups excluding carboxylic acids is 1. The van der Waals surface area contributed by atoms with Crippen molar-refractivity contribution in [1.82, 2.24) is 4.90 Å². The van der Waals surface area contributed by atoms with Crippen molar-refractivity contribution in [1.29, 1.82) is 5.26 Å². The van der Waals surface area contributed by atoms with E-state index in [0.717, 1.165) is 24.5 Å². The molecule has 0 saturated carbocycles. The summed E-state index contributed by atoms with van der Waals surface area (Å²) >= 11 is 0. The molecule has 1 saturated heterocycles. The summed E-state index contributed by atoms with van der Waals surface area (Å²) in [5.41, 5.74) is 4.93. The Kier molecular flexibility index (Phi) is 6.43. The minimum Gasteiger partial charge on any atom is -0.367 e. The standard InChI is InChI=1S/C24H30N4O/c1-17(2)20-9-7-10-21(18(3)4)23(20)26-24(29)28-14-12-27(13-15-28)22-11-6-5-8-19(22)16-25/h5-11,17-18H,12-15H2,1-4H3,(H,26,29). The molecule has 152 valence electrons. The van der Waals surface area contributed by atoms with Gasteiger partial charge in [-0.15, -0.1) is 0 Å². The number of anilines is 2. The van der Waals surface area contributed by atoms with Crippen molar-refractivity contribution in [2.24, 2.45) is 0 Å². The van der Waals surface area contributed by atoms with E-state index in [4.69, 9.17) is 0 Å². The number of amides is 2. The van der Waals surface area contributed by atoms with E-state index >= 15 is 0 Å². The lowest BCUT2D eigenvalue weighted by atomic mass is 9.93. The highest BCUT2D eigenvalue weighted by Crippen LogP contribution is 2.32. The van der Waals surface area contributed by atoms with Gasteiger partial charge in [-0.25, -0.2) is 4.79 Å². The third-order valence-corrected chi connectivity index (χ3v) is 5.54. The SMILES string of the molecule is CC(C)c1cccc(C(C)C)c1NC(=O)N1CCN(c2ccccc2C#N)CC1. The Hall–Kier alpha value is -3.00. The van der Waals surface area contributed by atoms with E-state index in [0.29, 0.717) is 30.5 Å². The molecule has 29 heavy (non-hydrogen) atoms. The van der Waals surface area contributed by atoms with Gasteiger partial charge in [-0.2, -0.15) is 5.26 Å². The fourth-order valence-corrected chi connectivity index (χ4v) is 3.88. The van der Waals surface area contributed by atoms with Crippen LogP contribution in [0.4, 0.5) is 16.2 Å². The van der Waals surface area contributed by atoms with E-state index in [1.165, 1.54) is 11.1 Å². The summed E-state index contributed by atoms with van der Waals surface area (Å²) in [6.45, 7) is 11.3. The molecule has 1 aliphatic heterocycles. The van der Waals surface area contributed by atoms with Crippen molar-refractivity contribution in [2.75, 3.05) is 36.4 Å². The number of carbonyl (C=O) groups is 1. The number of para-hydroxylation sites is 2. The molecule has 1 heterocycles. The monoisotopic (exact) mass is 390 g/mol. The highest BCUT2D eigenvalue weighted by molar-refractivity contribution is 5.91. The van der Waals surface area contributed by atoms with Crippen LogP contribution in [0.5, 0.6) is 0 Å². The molecule has 3 rings (SSSR count). The quantitative estimate of drug-likeness (QED) is 0.784. The third-order valence-electron chi connectivity index (χ3n) is 5.54. The van der Waals surface area contributed by atoms with Crippen LogP contribution in [-0.2, 0) is 0 Å². The van der Waals surface area contributed by atoms with Crippen LogP contribution in [0.15, 0.2) is 42.5 Å². The van der Waals surface area contributed by atoms with E-state index < -0.39 is 0 Å². The zero-order chi connectivity index (χ0) is 21.0. The molecule has 0 aliphatic carbocycles. The van der Waals surface area contributed by atoms with Crippen LogP contribution >= 0.6 is 0 Å². The van der Waals surface area contributed by atoms with Gasteiger partial charge in [0.15, 0.2) is 0 Å². The van der Waals surface area contributed by atoms with Crippen LogP contribution in [0.1, 0.15) is 56.2 Å². The zero-order valence-corrected chi connectivity index (χ0v) is 17.8. The molecule has 0 unspecified atom stereocenters. The van der Waals surface area contributed by atoms with E-state index in [9.17, 15) is 10.1 Å². The van der Waals surface area contributed by atoms with E-state index in [1.54, 1.807) is 0 Å². The number of nitrogens with one attached hydrogen (secondary N) is 1. The lowest BCUT2D eigenvalue weighted by Gasteiger charge is -2.36. The normalized spacial score (nSPS) is 14.2. The first kappa shape index (κ1) is 20.7. The second-order valence-electron chi connectivity index (χ2n) is 8.15. The van der Waals surface area contributed by atoms with Crippen molar-refractivity contribution in [3.8, 4) is 6.07 Å². The number of piperazine rings is 1. The Balaban J connectivity index is 1.72. The van der Waals surface area contributed by atoms with Crippen molar-refractivity contribution >= 4 is 17.4 Å². The maximum atomic E-state index is 13.0. The summed E-state index contributed by atoms with van der Waals surface area (Å²) < 4.78 is 0. The fourth-order valence-electron chi connectivity index (χ4n) is 3.88. The maximum Gasteiger partial charge on any atom is 0.321 e. The smallest absolute Gasteiger partial charge is 0.321 e. The van der Waals surface area contributed by atoms with E-state index in [2.05, 4.69) is 62.2 Å². The molecule has 0 aromatic heterocycles. The molecule has 2 aromatic carbocycles. The minimum absolute atomic E-state index is 0.0479. The molecular formula is C24H30N4O. The first-order valence-electron chi connectivity index (χ1n) is 10.3. The zero-order valence-electron chi connectivity index (χ0n) is 17.8. The number of nitrogens with zero attached hydrogens (tertiary/aromatic N) is 3. The molecule has 1 fully saturated rings. The highest BCUT2D eigenvalue weighted by Gasteiger charge is 2.24. The van der Waals surface area contributed by atoms with Crippen LogP contribution in [0, 0.1) is 11.3 Å². The minimum atomic E-state index is -0.0479. The Labute approximate surface area is 173 Å². The van der Waals surface area contributed by atoms with Gasteiger partial charge in [0.1, 0.15) is 6.07 Å². The summed E-state index contributed by atoms with van der Waals surface area (Å²) in [5.74, 6) is 0.673. The van der Waals surface area contributed by atoms with Crippen LogP contribution in [0.25, 0.3) is 0 Å². The average Bonchev–Trinajstić information content (AvgIpc) is 2.73. The first-order chi connectivity index (χ1) is 13.9. The van der Waals surface area contributed by atoms with Gasteiger partial charge in [0, 0.05) is 31.9 Å². The number of urea groups is 1. The molecule has 1 aliphatic rings. The van der Waals surface area contributed by atoms with E-state index in [1.807, 2.05) is 29.2 Å². The molecule has 0 radical (unpaired) electrons. The van der Waals surface area contributed by atoms with Crippen LogP contribution in [0.2, 0.25) is 0 Å². The van der Waals surface area contributed by atoms with Crippen LogP contribution in [-0.4, -0.2) is 37.1 Å². The summed E-state index contributed by atoms with van der Waals surface area (Å²) in [5, 5.41) is 12.5. The van der Waals surface area contributed by atoms with Gasteiger partial charge in [-0.05, 0) is 35.1 Å². The van der Waals surface area contributed by atoms with Crippen LogP contribution < -0.4 is 10.2 Å². The predicted octanol–water partition coefficient (Wildman–Crippen LogP) is 5.16. The maximum absolute atomic E-state index is 13.0. The number of hydrogen-bond acceptors (Lipinski definition) is 3. The van der Waals surface area contributed by atoms with Gasteiger partial charge in [-0.1, -0.05) is 58.0 Å². The average molecular weight is 391 g/mol. The molecule has 5 heteroatoms. The number of benzene rings is 2. The molecule has 0 spiro atoms. The van der Waals surface area contributed by atoms with Crippen molar-refractivity contribution < 1.29 is 4.79 Å². The lowest BCUT2D eigenvalue weighted by molar-refractivity contribution is 0.208. The van der Waals surface area contributed by atoms with Gasteiger partial charge in [0.25, 0.3) is 0 Å². The van der Waals surface area contributed by atoms with Gasteiger partial charge >= 0.3 is 6.03 Å². The molecule has 5 nitrogen and oxygen atoms in total. The summed E-state index contributed by atoms with van der Waals surface area (Å²) in [6, 6.07) is 16.1. The van der Waals surface area contributed by atoms with Gasteiger partial charge in [-0.3, -0.25) is 0 Å². The second kappa shape index (κ2) is 9.00. The summed E-state index contributed by atoms with van der Waals surface area (Å²) in [6.07, 6.45) is 0. The van der Waals surface area contributed by atoms with Gasteiger partial charge in [0.05, 0.1) is 11.3 Å². The molecule has 0 bridgehead atoms. The van der Waals surface area contributed by atoms with Crippen molar-refractivity contribution in [2.45, 2.75) is 39.5 Å². The predicted molar refractivity (Wildman–Crippen MR) is 119 cm³/mol. The summed E-state index contributed by atoms with van der Waals surface area (Å²) in [4.78, 5) is 17.1. The molecule has 2 amide bonds. The Bertz CT molecular complexity index is 879. The lowest BCUT2D eigenvalue weighted by Crippen LogP contribution is -2.50. The van der Waals surface area contributed by atoms with Gasteiger partial charge in [0.2, 0.25) is 0 Å². The van der Waals surface area contributed by atoms with Crippen molar-refractivity contribution in [3.05, 3.63) is 59.2 Å². The molecular weight excluding hydrogens is 360 g/mol. The van der Waals surface area contributed by atoms with Crippen molar-refractivity contribution in [3.63, 3.8) is 0 Å². The fraction of sp³-hybridized carbons (Fsp3) is 0.417. The largest absolute Gasteiger partial charge is 0.367 e. The molecule has 0 atom stereocenters. The Morgan fingerprint density at radius 2 is 1.52 bits per heavy atom. The third kappa shape index (κ3) is 4.54. The molecule has 1 N–H and O–H groups in total. The van der Waals surface area contributed by atoms with E-state index in [-0.39, 0.29) is 6.03 Å². The topological polar surface area (TPSA) is 59.4 Å². The number of rotatable bonds is 4. The number of hydrogen-bond donors (Lipinski definition) is 1. The Morgan fingerprint density at radius 1 is 0.931 bits per heavy atom.